The average Bonchev–Trinajstić information content (AvgIpc) is 2.62. The van der Waals surface area contributed by atoms with E-state index >= 15 is 0 Å². The molecule has 0 atom stereocenters. The Morgan fingerprint density at radius 2 is 1.81 bits per heavy atom. The molecule has 1 amide bonds. The average molecular weight is 370 g/mol. The number of hydrogen-bond donors (Lipinski definition) is 2. The van der Waals surface area contributed by atoms with E-state index in [0.717, 1.165) is 5.56 Å². The Kier molecular flexibility index (Phi) is 4.81. The number of rotatable bonds is 4. The van der Waals surface area contributed by atoms with Crippen LogP contribution in [0, 0.1) is 10.1 Å². The number of amides is 1. The van der Waals surface area contributed by atoms with Crippen LogP contribution >= 0.6 is 11.6 Å². The Morgan fingerprint density at radius 1 is 1.08 bits per heavy atom. The number of pyridine rings is 1. The van der Waals surface area contributed by atoms with Crippen LogP contribution in [0.25, 0.3) is 11.3 Å². The van der Waals surface area contributed by atoms with E-state index in [0.29, 0.717) is 10.7 Å². The third-order valence-electron chi connectivity index (χ3n) is 3.62. The Morgan fingerprint density at radius 3 is 2.46 bits per heavy atom. The lowest BCUT2D eigenvalue weighted by atomic mass is 10.1. The number of aromatic nitrogens is 1. The van der Waals surface area contributed by atoms with E-state index in [-0.39, 0.29) is 16.9 Å². The number of non-ortho nitro benzene ring substituents is 1. The van der Waals surface area contributed by atoms with Crippen molar-refractivity contribution in [2.75, 3.05) is 5.32 Å². The molecule has 0 radical (unpaired) electrons. The number of nitro benzene ring substituents is 1. The number of hydrogen-bond acceptors (Lipinski definition) is 4. The molecular weight excluding hydrogens is 358 g/mol. The first kappa shape index (κ1) is 17.4. The second-order valence-electron chi connectivity index (χ2n) is 5.38. The summed E-state index contributed by atoms with van der Waals surface area (Å²) < 4.78 is 0. The van der Waals surface area contributed by atoms with Gasteiger partial charge in [0.25, 0.3) is 17.2 Å². The zero-order chi connectivity index (χ0) is 18.7. The highest BCUT2D eigenvalue weighted by atomic mass is 35.5. The Bertz CT molecular complexity index is 1040. The lowest BCUT2D eigenvalue weighted by Gasteiger charge is -2.06. The molecule has 7 nitrogen and oxygen atoms in total. The van der Waals surface area contributed by atoms with Crippen LogP contribution in [0.4, 0.5) is 11.4 Å². The Labute approximate surface area is 152 Å². The largest absolute Gasteiger partial charge is 0.322 e. The SMILES string of the molecule is O=C(Nc1cccc([N+](=O)[O-])c1)c1ccc(-c2ccc(Cl)cc2)[nH]c1=O. The van der Waals surface area contributed by atoms with Crippen molar-refractivity contribution < 1.29 is 9.72 Å². The molecule has 2 N–H and O–H groups in total. The fourth-order valence-corrected chi connectivity index (χ4v) is 2.47. The number of aromatic amines is 1. The van der Waals surface area contributed by atoms with Crippen molar-refractivity contribution >= 4 is 28.9 Å². The third kappa shape index (κ3) is 3.79. The van der Waals surface area contributed by atoms with Gasteiger partial charge in [0.1, 0.15) is 5.56 Å². The van der Waals surface area contributed by atoms with Gasteiger partial charge in [-0.2, -0.15) is 0 Å². The Hall–Kier alpha value is -3.45. The van der Waals surface area contributed by atoms with Gasteiger partial charge in [-0.3, -0.25) is 19.7 Å². The molecule has 1 aromatic heterocycles. The normalized spacial score (nSPS) is 10.3. The van der Waals surface area contributed by atoms with Gasteiger partial charge in [0.05, 0.1) is 4.92 Å². The minimum atomic E-state index is -0.658. The van der Waals surface area contributed by atoms with Crippen LogP contribution in [-0.4, -0.2) is 15.8 Å². The maximum Gasteiger partial charge on any atom is 0.271 e. The molecule has 8 heteroatoms. The zero-order valence-corrected chi connectivity index (χ0v) is 14.0. The number of nitro groups is 1. The van der Waals surface area contributed by atoms with Gasteiger partial charge in [-0.25, -0.2) is 0 Å². The van der Waals surface area contributed by atoms with Crippen molar-refractivity contribution in [1.29, 1.82) is 0 Å². The van der Waals surface area contributed by atoms with Crippen molar-refractivity contribution in [3.63, 3.8) is 0 Å². The summed E-state index contributed by atoms with van der Waals surface area (Å²) in [5, 5.41) is 13.8. The quantitative estimate of drug-likeness (QED) is 0.538. The van der Waals surface area contributed by atoms with Crippen molar-refractivity contribution in [3.05, 3.63) is 91.7 Å². The van der Waals surface area contributed by atoms with E-state index in [1.54, 1.807) is 30.3 Å². The highest BCUT2D eigenvalue weighted by molar-refractivity contribution is 6.30. The molecule has 0 aliphatic carbocycles. The molecule has 0 fully saturated rings. The minimum absolute atomic E-state index is 0.103. The van der Waals surface area contributed by atoms with Gasteiger partial charge in [-0.05, 0) is 35.9 Å². The molecule has 0 aliphatic heterocycles. The summed E-state index contributed by atoms with van der Waals surface area (Å²) in [4.78, 5) is 37.4. The molecule has 3 rings (SSSR count). The lowest BCUT2D eigenvalue weighted by molar-refractivity contribution is -0.384. The van der Waals surface area contributed by atoms with Gasteiger partial charge in [-0.15, -0.1) is 0 Å². The van der Waals surface area contributed by atoms with Crippen LogP contribution in [0.15, 0.2) is 65.5 Å². The Balaban J connectivity index is 1.84. The van der Waals surface area contributed by atoms with Crippen LogP contribution < -0.4 is 10.9 Å². The second kappa shape index (κ2) is 7.20. The summed E-state index contributed by atoms with van der Waals surface area (Å²) in [6.45, 7) is 0. The first-order valence-corrected chi connectivity index (χ1v) is 7.87. The van der Waals surface area contributed by atoms with Gasteiger partial charge in [-0.1, -0.05) is 29.8 Å². The number of anilines is 1. The van der Waals surface area contributed by atoms with E-state index in [4.69, 9.17) is 11.6 Å². The lowest BCUT2D eigenvalue weighted by Crippen LogP contribution is -2.23. The van der Waals surface area contributed by atoms with Crippen LogP contribution in [-0.2, 0) is 0 Å². The highest BCUT2D eigenvalue weighted by Crippen LogP contribution is 2.20. The minimum Gasteiger partial charge on any atom is -0.322 e. The number of H-pyrrole nitrogens is 1. The van der Waals surface area contributed by atoms with E-state index in [1.807, 2.05) is 0 Å². The summed E-state index contributed by atoms with van der Waals surface area (Å²) in [5.41, 5.74) is 0.686. The highest BCUT2D eigenvalue weighted by Gasteiger charge is 2.13. The molecular formula is C18H12ClN3O4. The molecule has 0 saturated heterocycles. The fraction of sp³-hybridized carbons (Fsp3) is 0. The van der Waals surface area contributed by atoms with Crippen LogP contribution in [0.5, 0.6) is 0 Å². The molecule has 1 heterocycles. The number of nitrogens with one attached hydrogen (secondary N) is 2. The maximum absolute atomic E-state index is 12.3. The third-order valence-corrected chi connectivity index (χ3v) is 3.88. The van der Waals surface area contributed by atoms with Crippen molar-refractivity contribution in [3.8, 4) is 11.3 Å². The molecule has 0 unspecified atom stereocenters. The molecule has 0 bridgehead atoms. The number of halogens is 1. The summed E-state index contributed by atoms with van der Waals surface area (Å²) in [5.74, 6) is -0.658. The van der Waals surface area contributed by atoms with Gasteiger partial charge in [0.15, 0.2) is 0 Å². The summed E-state index contributed by atoms with van der Waals surface area (Å²) >= 11 is 5.84. The van der Waals surface area contributed by atoms with Gasteiger partial charge in [0, 0.05) is 28.5 Å². The van der Waals surface area contributed by atoms with E-state index in [2.05, 4.69) is 10.3 Å². The fourth-order valence-electron chi connectivity index (χ4n) is 2.35. The van der Waals surface area contributed by atoms with E-state index < -0.39 is 16.4 Å². The maximum atomic E-state index is 12.3. The van der Waals surface area contributed by atoms with E-state index in [9.17, 15) is 19.7 Å². The van der Waals surface area contributed by atoms with Gasteiger partial charge >= 0.3 is 0 Å². The molecule has 26 heavy (non-hydrogen) atoms. The second-order valence-corrected chi connectivity index (χ2v) is 5.82. The number of benzene rings is 2. The van der Waals surface area contributed by atoms with Gasteiger partial charge < -0.3 is 10.3 Å². The molecule has 2 aromatic carbocycles. The standard InChI is InChI=1S/C18H12ClN3O4/c19-12-6-4-11(5-7-12)16-9-8-15(18(24)21-16)17(23)20-13-2-1-3-14(10-13)22(25)26/h1-10H,(H,20,23)(H,21,24). The smallest absolute Gasteiger partial charge is 0.271 e. The monoisotopic (exact) mass is 369 g/mol. The molecule has 0 saturated carbocycles. The summed E-state index contributed by atoms with van der Waals surface area (Å²) in [6.07, 6.45) is 0. The number of nitrogens with zero attached hydrogens (tertiary/aromatic N) is 1. The predicted molar refractivity (Wildman–Crippen MR) is 98.6 cm³/mol. The number of carbonyl (C=O) groups excluding carboxylic acids is 1. The van der Waals surface area contributed by atoms with Crippen molar-refractivity contribution in [1.82, 2.24) is 4.98 Å². The predicted octanol–water partition coefficient (Wildman–Crippen LogP) is 3.86. The van der Waals surface area contributed by atoms with Crippen LogP contribution in [0.1, 0.15) is 10.4 Å². The van der Waals surface area contributed by atoms with Crippen LogP contribution in [0.2, 0.25) is 5.02 Å². The van der Waals surface area contributed by atoms with Gasteiger partial charge in [0.2, 0.25) is 0 Å². The van der Waals surface area contributed by atoms with Crippen molar-refractivity contribution in [2.24, 2.45) is 0 Å². The van der Waals surface area contributed by atoms with Crippen molar-refractivity contribution in [2.45, 2.75) is 0 Å². The first-order chi connectivity index (χ1) is 12.4. The van der Waals surface area contributed by atoms with Crippen LogP contribution in [0.3, 0.4) is 0 Å². The van der Waals surface area contributed by atoms with E-state index in [1.165, 1.54) is 30.3 Å². The summed E-state index contributed by atoms with van der Waals surface area (Å²) in [6, 6.07) is 15.4. The molecule has 0 spiro atoms. The molecule has 3 aromatic rings. The number of carbonyl (C=O) groups is 1. The topological polar surface area (TPSA) is 105 Å². The molecule has 0 aliphatic rings. The first-order valence-electron chi connectivity index (χ1n) is 7.49. The molecule has 130 valence electrons. The zero-order valence-electron chi connectivity index (χ0n) is 13.2. The summed E-state index contributed by atoms with van der Waals surface area (Å²) in [7, 11) is 0.